The molecular formula is C24H25N3O4S2. The van der Waals surface area contributed by atoms with Crippen LogP contribution in [-0.2, 0) is 21.4 Å². The van der Waals surface area contributed by atoms with Crippen LogP contribution in [0.5, 0.6) is 0 Å². The molecule has 1 aromatic heterocycles. The Bertz CT molecular complexity index is 1320. The summed E-state index contributed by atoms with van der Waals surface area (Å²) in [5.74, 6) is -0.710. The van der Waals surface area contributed by atoms with E-state index in [1.165, 1.54) is 34.7 Å². The van der Waals surface area contributed by atoms with Crippen LogP contribution >= 0.6 is 11.3 Å². The van der Waals surface area contributed by atoms with Crippen molar-refractivity contribution in [3.8, 4) is 0 Å². The van der Waals surface area contributed by atoms with Gasteiger partial charge in [0.05, 0.1) is 4.90 Å². The normalized spacial score (nSPS) is 16.1. The van der Waals surface area contributed by atoms with Gasteiger partial charge in [0.1, 0.15) is 0 Å². The highest BCUT2D eigenvalue weighted by molar-refractivity contribution is 7.89. The summed E-state index contributed by atoms with van der Waals surface area (Å²) in [6.07, 6.45) is 2.74. The number of thiazole rings is 1. The van der Waals surface area contributed by atoms with Crippen molar-refractivity contribution in [3.63, 3.8) is 0 Å². The number of piperidine rings is 1. The Morgan fingerprint density at radius 2 is 1.79 bits per heavy atom. The smallest absolute Gasteiger partial charge is 0.251 e. The minimum atomic E-state index is -3.72. The molecule has 0 saturated carbocycles. The second-order valence-electron chi connectivity index (χ2n) is 8.01. The van der Waals surface area contributed by atoms with Gasteiger partial charge in [0, 0.05) is 42.7 Å². The molecule has 0 atom stereocenters. The molecule has 0 spiro atoms. The maximum absolute atomic E-state index is 13.0. The third-order valence-corrected chi connectivity index (χ3v) is 8.43. The summed E-state index contributed by atoms with van der Waals surface area (Å²) in [5.41, 5.74) is 1.48. The molecule has 0 aliphatic carbocycles. The molecule has 1 aliphatic heterocycles. The zero-order valence-corrected chi connectivity index (χ0v) is 19.9. The molecule has 1 fully saturated rings. The molecule has 0 unspecified atom stereocenters. The van der Waals surface area contributed by atoms with E-state index >= 15 is 0 Å². The van der Waals surface area contributed by atoms with Gasteiger partial charge >= 0.3 is 0 Å². The lowest BCUT2D eigenvalue weighted by atomic mass is 9.98. The number of carbonyl (C=O) groups is 2. The van der Waals surface area contributed by atoms with Gasteiger partial charge < -0.3 is 4.57 Å². The molecule has 2 heterocycles. The van der Waals surface area contributed by atoms with Crippen LogP contribution in [0.1, 0.15) is 35.7 Å². The number of amides is 1. The number of aromatic nitrogens is 1. The summed E-state index contributed by atoms with van der Waals surface area (Å²) in [6, 6.07) is 16.0. The van der Waals surface area contributed by atoms with Gasteiger partial charge in [-0.3, -0.25) is 9.59 Å². The fraction of sp³-hybridized carbons (Fsp3) is 0.292. The molecule has 0 bridgehead atoms. The van der Waals surface area contributed by atoms with Gasteiger partial charge in [-0.25, -0.2) is 8.42 Å². The molecule has 1 saturated heterocycles. The molecular weight excluding hydrogens is 458 g/mol. The number of benzene rings is 2. The zero-order valence-electron chi connectivity index (χ0n) is 18.3. The van der Waals surface area contributed by atoms with Gasteiger partial charge in [0.25, 0.3) is 5.91 Å². The third-order valence-electron chi connectivity index (χ3n) is 5.74. The first-order valence-corrected chi connectivity index (χ1v) is 13.0. The average Bonchev–Trinajstić information content (AvgIpc) is 3.26. The highest BCUT2D eigenvalue weighted by atomic mass is 32.2. The molecule has 7 nitrogen and oxygen atoms in total. The Kier molecular flexibility index (Phi) is 7.02. The van der Waals surface area contributed by atoms with Gasteiger partial charge in [-0.05, 0) is 37.5 Å². The van der Waals surface area contributed by atoms with E-state index in [1.54, 1.807) is 12.1 Å². The number of rotatable bonds is 6. The number of sulfonamides is 1. The molecule has 2 aromatic carbocycles. The highest BCUT2D eigenvalue weighted by Crippen LogP contribution is 2.25. The van der Waals surface area contributed by atoms with Crippen molar-refractivity contribution in [1.29, 1.82) is 0 Å². The molecule has 0 radical (unpaired) electrons. The van der Waals surface area contributed by atoms with E-state index in [1.807, 2.05) is 46.5 Å². The predicted molar refractivity (Wildman–Crippen MR) is 126 cm³/mol. The SMILES string of the molecule is CC(=O)c1cccc(S(=O)(=O)N2CCC(C(=O)N=c3sccn3Cc3ccccc3)CC2)c1. The number of hydrogen-bond acceptors (Lipinski definition) is 5. The van der Waals surface area contributed by atoms with E-state index in [0.29, 0.717) is 29.8 Å². The van der Waals surface area contributed by atoms with Crippen LogP contribution in [0.15, 0.2) is 76.1 Å². The Balaban J connectivity index is 1.43. The molecule has 0 N–H and O–H groups in total. The van der Waals surface area contributed by atoms with Gasteiger partial charge in [0.15, 0.2) is 10.6 Å². The van der Waals surface area contributed by atoms with Crippen LogP contribution < -0.4 is 4.80 Å². The van der Waals surface area contributed by atoms with Crippen LogP contribution in [-0.4, -0.2) is 42.1 Å². The van der Waals surface area contributed by atoms with Crippen molar-refractivity contribution in [1.82, 2.24) is 8.87 Å². The molecule has 3 aromatic rings. The van der Waals surface area contributed by atoms with Crippen LogP contribution in [0.2, 0.25) is 0 Å². The number of Topliss-reactive ketones (excluding diaryl/α,β-unsaturated/α-hetero) is 1. The fourth-order valence-electron chi connectivity index (χ4n) is 3.84. The van der Waals surface area contributed by atoms with Crippen molar-refractivity contribution in [2.45, 2.75) is 31.2 Å². The van der Waals surface area contributed by atoms with E-state index in [9.17, 15) is 18.0 Å². The zero-order chi connectivity index (χ0) is 23.4. The predicted octanol–water partition coefficient (Wildman–Crippen LogP) is 3.33. The summed E-state index contributed by atoms with van der Waals surface area (Å²) >= 11 is 1.41. The molecule has 1 amide bonds. The second kappa shape index (κ2) is 9.94. The Labute approximate surface area is 197 Å². The van der Waals surface area contributed by atoms with Crippen molar-refractivity contribution < 1.29 is 18.0 Å². The average molecular weight is 484 g/mol. The van der Waals surface area contributed by atoms with Gasteiger partial charge in [-0.2, -0.15) is 9.30 Å². The first-order valence-electron chi connectivity index (χ1n) is 10.7. The number of hydrogen-bond donors (Lipinski definition) is 0. The third kappa shape index (κ3) is 5.38. The minimum Gasteiger partial charge on any atom is -0.319 e. The summed E-state index contributed by atoms with van der Waals surface area (Å²) in [7, 11) is -3.72. The summed E-state index contributed by atoms with van der Waals surface area (Å²) < 4.78 is 29.4. The number of nitrogens with zero attached hydrogens (tertiary/aromatic N) is 3. The second-order valence-corrected chi connectivity index (χ2v) is 10.8. The van der Waals surface area contributed by atoms with E-state index in [0.717, 1.165) is 5.56 Å². The first-order chi connectivity index (χ1) is 15.8. The van der Waals surface area contributed by atoms with Gasteiger partial charge in [-0.1, -0.05) is 42.5 Å². The Morgan fingerprint density at radius 1 is 1.06 bits per heavy atom. The highest BCUT2D eigenvalue weighted by Gasteiger charge is 2.32. The lowest BCUT2D eigenvalue weighted by Gasteiger charge is -2.29. The van der Waals surface area contributed by atoms with E-state index in [4.69, 9.17) is 0 Å². The van der Waals surface area contributed by atoms with Crippen LogP contribution in [0.25, 0.3) is 0 Å². The lowest BCUT2D eigenvalue weighted by Crippen LogP contribution is -2.40. The quantitative estimate of drug-likeness (QED) is 0.503. The molecule has 9 heteroatoms. The van der Waals surface area contributed by atoms with E-state index < -0.39 is 10.0 Å². The van der Waals surface area contributed by atoms with Crippen molar-refractivity contribution in [2.75, 3.05) is 13.1 Å². The van der Waals surface area contributed by atoms with Crippen LogP contribution in [0, 0.1) is 5.92 Å². The Morgan fingerprint density at radius 3 is 2.48 bits per heavy atom. The van der Waals surface area contributed by atoms with Crippen molar-refractivity contribution in [2.24, 2.45) is 10.9 Å². The maximum Gasteiger partial charge on any atom is 0.251 e. The van der Waals surface area contributed by atoms with Crippen LogP contribution in [0.4, 0.5) is 0 Å². The molecule has 33 heavy (non-hydrogen) atoms. The summed E-state index contributed by atoms with van der Waals surface area (Å²) in [5, 5.41) is 1.90. The van der Waals surface area contributed by atoms with Gasteiger partial charge in [0.2, 0.25) is 10.0 Å². The maximum atomic E-state index is 13.0. The number of ketones is 1. The fourth-order valence-corrected chi connectivity index (χ4v) is 6.09. The van der Waals surface area contributed by atoms with Gasteiger partial charge in [-0.15, -0.1) is 11.3 Å². The molecule has 172 valence electrons. The first kappa shape index (κ1) is 23.3. The summed E-state index contributed by atoms with van der Waals surface area (Å²) in [4.78, 5) is 29.5. The largest absolute Gasteiger partial charge is 0.319 e. The minimum absolute atomic E-state index is 0.102. The Hall–Kier alpha value is -2.88. The van der Waals surface area contributed by atoms with Crippen LogP contribution in [0.3, 0.4) is 0 Å². The van der Waals surface area contributed by atoms with Crippen molar-refractivity contribution in [3.05, 3.63) is 82.1 Å². The lowest BCUT2D eigenvalue weighted by molar-refractivity contribution is -0.122. The standard InChI is InChI=1S/C24H25N3O4S2/c1-18(28)21-8-5-9-22(16-21)33(30,31)27-12-10-20(11-13-27)23(29)25-24-26(14-15-32-24)17-19-6-3-2-4-7-19/h2-9,14-16,20H,10-13,17H2,1H3. The topological polar surface area (TPSA) is 88.8 Å². The monoisotopic (exact) mass is 483 g/mol. The molecule has 1 aliphatic rings. The molecule has 4 rings (SSSR count). The summed E-state index contributed by atoms with van der Waals surface area (Å²) in [6.45, 7) is 2.52. The van der Waals surface area contributed by atoms with E-state index in [-0.39, 0.29) is 35.6 Å². The van der Waals surface area contributed by atoms with E-state index in [2.05, 4.69) is 4.99 Å². The van der Waals surface area contributed by atoms with Crippen molar-refractivity contribution >= 4 is 33.1 Å². The number of carbonyl (C=O) groups excluding carboxylic acids is 2.